The van der Waals surface area contributed by atoms with Crippen molar-refractivity contribution in [3.8, 4) is 0 Å². The van der Waals surface area contributed by atoms with Gasteiger partial charge in [0.1, 0.15) is 5.78 Å². The predicted octanol–water partition coefficient (Wildman–Crippen LogP) is 3.90. The molecule has 0 aliphatic rings. The molecule has 3 nitrogen and oxygen atoms in total. The molecule has 3 heteroatoms. The van der Waals surface area contributed by atoms with Crippen LogP contribution in [0.15, 0.2) is 0 Å². The van der Waals surface area contributed by atoms with Crippen molar-refractivity contribution in [2.45, 2.75) is 72.1 Å². The summed E-state index contributed by atoms with van der Waals surface area (Å²) in [5, 5.41) is 4.36. The summed E-state index contributed by atoms with van der Waals surface area (Å²) in [7, 11) is 1.93. The molecule has 0 aliphatic heterocycles. The highest BCUT2D eigenvalue weighted by atomic mass is 16.1. The van der Waals surface area contributed by atoms with Crippen LogP contribution < -0.4 is 0 Å². The first-order valence-electron chi connectivity index (χ1n) is 7.57. The van der Waals surface area contributed by atoms with Gasteiger partial charge in [0.2, 0.25) is 0 Å². The molecule has 0 atom stereocenters. The second kappa shape index (κ2) is 8.13. The Kier molecular flexibility index (Phi) is 6.82. The molecule has 1 aromatic rings. The van der Waals surface area contributed by atoms with Crippen molar-refractivity contribution in [1.29, 1.82) is 0 Å². The van der Waals surface area contributed by atoms with E-state index in [1.807, 2.05) is 25.6 Å². The van der Waals surface area contributed by atoms with E-state index in [-0.39, 0.29) is 0 Å². The number of Topliss-reactive ketones (excluding diaryl/α,β-unsaturated/α-hetero) is 1. The van der Waals surface area contributed by atoms with Crippen molar-refractivity contribution >= 4 is 5.78 Å². The van der Waals surface area contributed by atoms with E-state index in [0.717, 1.165) is 29.8 Å². The molecule has 108 valence electrons. The zero-order valence-electron chi connectivity index (χ0n) is 13.0. The first-order chi connectivity index (χ1) is 9.06. The van der Waals surface area contributed by atoms with E-state index >= 15 is 0 Å². The van der Waals surface area contributed by atoms with E-state index in [2.05, 4.69) is 12.0 Å². The van der Waals surface area contributed by atoms with Crippen molar-refractivity contribution in [3.05, 3.63) is 17.0 Å². The molecule has 0 unspecified atom stereocenters. The normalized spacial score (nSPS) is 10.9. The number of carbonyl (C=O) groups excluding carboxylic acids is 1. The standard InChI is InChI=1S/C16H28N2O/c1-5-6-7-8-9-10-11-15(19)12-16-13(2)17-18(4)14(16)3/h5-12H2,1-4H3. The van der Waals surface area contributed by atoms with Crippen LogP contribution in [-0.4, -0.2) is 15.6 Å². The third-order valence-electron chi connectivity index (χ3n) is 3.84. The monoisotopic (exact) mass is 264 g/mol. The van der Waals surface area contributed by atoms with Gasteiger partial charge >= 0.3 is 0 Å². The van der Waals surface area contributed by atoms with Crippen LogP contribution in [0.25, 0.3) is 0 Å². The Labute approximate surface area is 117 Å². The van der Waals surface area contributed by atoms with Gasteiger partial charge in [-0.25, -0.2) is 0 Å². The number of rotatable bonds is 9. The van der Waals surface area contributed by atoms with Gasteiger partial charge < -0.3 is 0 Å². The molecular formula is C16H28N2O. The van der Waals surface area contributed by atoms with Crippen LogP contribution in [0.4, 0.5) is 0 Å². The van der Waals surface area contributed by atoms with Gasteiger partial charge in [0.05, 0.1) is 5.69 Å². The first kappa shape index (κ1) is 15.9. The maximum Gasteiger partial charge on any atom is 0.137 e. The third kappa shape index (κ3) is 5.17. The molecule has 0 N–H and O–H groups in total. The second-order valence-corrected chi connectivity index (χ2v) is 5.51. The smallest absolute Gasteiger partial charge is 0.137 e. The summed E-state index contributed by atoms with van der Waals surface area (Å²) in [5.41, 5.74) is 3.24. The molecule has 0 saturated heterocycles. The Bertz CT molecular complexity index is 407. The fourth-order valence-electron chi connectivity index (χ4n) is 2.46. The van der Waals surface area contributed by atoms with Crippen LogP contribution in [0.5, 0.6) is 0 Å². The second-order valence-electron chi connectivity index (χ2n) is 5.51. The Morgan fingerprint density at radius 2 is 1.74 bits per heavy atom. The van der Waals surface area contributed by atoms with Crippen LogP contribution in [0, 0.1) is 13.8 Å². The minimum Gasteiger partial charge on any atom is -0.299 e. The Morgan fingerprint density at radius 3 is 2.32 bits per heavy atom. The predicted molar refractivity (Wildman–Crippen MR) is 79.4 cm³/mol. The summed E-state index contributed by atoms with van der Waals surface area (Å²) in [4.78, 5) is 12.0. The molecule has 19 heavy (non-hydrogen) atoms. The minimum absolute atomic E-state index is 0.356. The highest BCUT2D eigenvalue weighted by Gasteiger charge is 2.12. The number of ketones is 1. The fraction of sp³-hybridized carbons (Fsp3) is 0.750. The Hall–Kier alpha value is -1.12. The number of unbranched alkanes of at least 4 members (excludes halogenated alkanes) is 5. The van der Waals surface area contributed by atoms with Crippen molar-refractivity contribution in [1.82, 2.24) is 9.78 Å². The van der Waals surface area contributed by atoms with Crippen LogP contribution >= 0.6 is 0 Å². The molecule has 0 amide bonds. The molecule has 0 aliphatic carbocycles. The zero-order chi connectivity index (χ0) is 14.3. The van der Waals surface area contributed by atoms with Gasteiger partial charge in [0.15, 0.2) is 0 Å². The number of aryl methyl sites for hydroxylation is 2. The SMILES string of the molecule is CCCCCCCCC(=O)Cc1c(C)nn(C)c1C. The van der Waals surface area contributed by atoms with Crippen molar-refractivity contribution in [2.24, 2.45) is 7.05 Å². The maximum atomic E-state index is 12.0. The average Bonchev–Trinajstić information content (AvgIpc) is 2.60. The van der Waals surface area contributed by atoms with Gasteiger partial charge in [0.25, 0.3) is 0 Å². The quantitative estimate of drug-likeness (QED) is 0.634. The highest BCUT2D eigenvalue weighted by Crippen LogP contribution is 2.15. The van der Waals surface area contributed by atoms with Crippen molar-refractivity contribution < 1.29 is 4.79 Å². The summed E-state index contributed by atoms with van der Waals surface area (Å²) in [5.74, 6) is 0.356. The van der Waals surface area contributed by atoms with Crippen LogP contribution in [0.3, 0.4) is 0 Å². The summed E-state index contributed by atoms with van der Waals surface area (Å²) < 4.78 is 1.86. The summed E-state index contributed by atoms with van der Waals surface area (Å²) in [6.07, 6.45) is 8.69. The van der Waals surface area contributed by atoms with Crippen molar-refractivity contribution in [2.75, 3.05) is 0 Å². The van der Waals surface area contributed by atoms with Gasteiger partial charge in [-0.05, 0) is 20.3 Å². The largest absolute Gasteiger partial charge is 0.299 e. The lowest BCUT2D eigenvalue weighted by molar-refractivity contribution is -0.118. The van der Waals surface area contributed by atoms with Gasteiger partial charge in [0, 0.05) is 31.1 Å². The number of aromatic nitrogens is 2. The molecule has 0 aromatic carbocycles. The molecule has 0 fully saturated rings. The highest BCUT2D eigenvalue weighted by molar-refractivity contribution is 5.81. The summed E-state index contributed by atoms with van der Waals surface area (Å²) in [6, 6.07) is 0. The van der Waals surface area contributed by atoms with E-state index in [9.17, 15) is 4.79 Å². The topological polar surface area (TPSA) is 34.9 Å². The average molecular weight is 264 g/mol. The van der Waals surface area contributed by atoms with E-state index in [1.165, 1.54) is 32.1 Å². The zero-order valence-corrected chi connectivity index (χ0v) is 13.0. The molecule has 0 spiro atoms. The van der Waals surface area contributed by atoms with Crippen LogP contribution in [0.2, 0.25) is 0 Å². The fourth-order valence-corrected chi connectivity index (χ4v) is 2.46. The molecule has 0 radical (unpaired) electrons. The van der Waals surface area contributed by atoms with Gasteiger partial charge in [-0.15, -0.1) is 0 Å². The van der Waals surface area contributed by atoms with Gasteiger partial charge in [-0.2, -0.15) is 5.10 Å². The molecule has 1 rings (SSSR count). The lowest BCUT2D eigenvalue weighted by atomic mass is 10.0. The number of hydrogen-bond donors (Lipinski definition) is 0. The Balaban J connectivity index is 2.28. The number of carbonyl (C=O) groups is 1. The lowest BCUT2D eigenvalue weighted by Gasteiger charge is -2.03. The maximum absolute atomic E-state index is 12.0. The van der Waals surface area contributed by atoms with Crippen LogP contribution in [0.1, 0.15) is 68.8 Å². The summed E-state index contributed by atoms with van der Waals surface area (Å²) in [6.45, 7) is 6.25. The third-order valence-corrected chi connectivity index (χ3v) is 3.84. The lowest BCUT2D eigenvalue weighted by Crippen LogP contribution is -2.04. The number of nitrogens with zero attached hydrogens (tertiary/aromatic N) is 2. The van der Waals surface area contributed by atoms with Crippen LogP contribution in [-0.2, 0) is 18.3 Å². The number of hydrogen-bond acceptors (Lipinski definition) is 2. The Morgan fingerprint density at radius 1 is 1.11 bits per heavy atom. The van der Waals surface area contributed by atoms with Gasteiger partial charge in [-0.1, -0.05) is 39.0 Å². The van der Waals surface area contributed by atoms with E-state index < -0.39 is 0 Å². The molecule has 0 saturated carbocycles. The molecule has 0 bridgehead atoms. The minimum atomic E-state index is 0.356. The molecule has 1 heterocycles. The summed E-state index contributed by atoms with van der Waals surface area (Å²) >= 11 is 0. The van der Waals surface area contributed by atoms with Crippen molar-refractivity contribution in [3.63, 3.8) is 0 Å². The first-order valence-corrected chi connectivity index (χ1v) is 7.57. The van der Waals surface area contributed by atoms with Gasteiger partial charge in [-0.3, -0.25) is 9.48 Å². The van der Waals surface area contributed by atoms with E-state index in [4.69, 9.17) is 0 Å². The molecule has 1 aromatic heterocycles. The van der Waals surface area contributed by atoms with E-state index in [0.29, 0.717) is 12.2 Å². The van der Waals surface area contributed by atoms with E-state index in [1.54, 1.807) is 0 Å². The molecular weight excluding hydrogens is 236 g/mol.